The summed E-state index contributed by atoms with van der Waals surface area (Å²) in [6.07, 6.45) is 0.654. The minimum Gasteiger partial charge on any atom is -0.456 e. The Morgan fingerprint density at radius 2 is 2.06 bits per heavy atom. The molecule has 0 spiro atoms. The van der Waals surface area contributed by atoms with Crippen LogP contribution in [0.25, 0.3) is 0 Å². The van der Waals surface area contributed by atoms with Gasteiger partial charge in [0.15, 0.2) is 0 Å². The van der Waals surface area contributed by atoms with Crippen LogP contribution in [0.4, 0.5) is 4.39 Å². The van der Waals surface area contributed by atoms with Crippen LogP contribution in [-0.4, -0.2) is 18.1 Å². The van der Waals surface area contributed by atoms with Crippen molar-refractivity contribution in [3.8, 4) is 0 Å². The highest BCUT2D eigenvalue weighted by atomic mass is 19.1. The van der Waals surface area contributed by atoms with Gasteiger partial charge < -0.3 is 10.1 Å². The standard InChI is InChI=1S/C14H18FNO2/c1-14(2,3)18-13(17)10-4-5-12(15)11-8-16-7-6-9(10)11/h4-5,16H,6-8H2,1-3H3. The molecule has 1 N–H and O–H groups in total. The fraction of sp³-hybridized carbons (Fsp3) is 0.500. The van der Waals surface area contributed by atoms with Gasteiger partial charge in [-0.05, 0) is 51.4 Å². The molecule has 3 nitrogen and oxygen atoms in total. The van der Waals surface area contributed by atoms with Gasteiger partial charge in [0, 0.05) is 12.1 Å². The number of esters is 1. The fourth-order valence-corrected chi connectivity index (χ4v) is 2.09. The zero-order valence-corrected chi connectivity index (χ0v) is 11.0. The Kier molecular flexibility index (Phi) is 3.39. The normalized spacial score (nSPS) is 15.1. The van der Waals surface area contributed by atoms with E-state index in [1.54, 1.807) is 0 Å². The van der Waals surface area contributed by atoms with Crippen LogP contribution in [-0.2, 0) is 17.7 Å². The van der Waals surface area contributed by atoms with Crippen LogP contribution in [0.5, 0.6) is 0 Å². The molecule has 0 aromatic heterocycles. The summed E-state index contributed by atoms with van der Waals surface area (Å²) in [4.78, 5) is 12.1. The second-order valence-corrected chi connectivity index (χ2v) is 5.48. The van der Waals surface area contributed by atoms with Crippen molar-refractivity contribution in [2.24, 2.45) is 0 Å². The lowest BCUT2D eigenvalue weighted by molar-refractivity contribution is 0.00680. The molecular formula is C14H18FNO2. The van der Waals surface area contributed by atoms with Crippen molar-refractivity contribution >= 4 is 5.97 Å². The van der Waals surface area contributed by atoms with Crippen LogP contribution in [0.3, 0.4) is 0 Å². The first-order valence-electron chi connectivity index (χ1n) is 6.13. The molecule has 1 aliphatic rings. The molecule has 0 unspecified atom stereocenters. The molecule has 1 aromatic rings. The number of halogens is 1. The first-order chi connectivity index (χ1) is 8.38. The van der Waals surface area contributed by atoms with Gasteiger partial charge in [-0.2, -0.15) is 0 Å². The Labute approximate surface area is 106 Å². The summed E-state index contributed by atoms with van der Waals surface area (Å²) >= 11 is 0. The van der Waals surface area contributed by atoms with E-state index in [2.05, 4.69) is 5.32 Å². The molecule has 18 heavy (non-hydrogen) atoms. The molecule has 0 aliphatic carbocycles. The molecule has 4 heteroatoms. The molecule has 0 saturated heterocycles. The molecule has 2 rings (SSSR count). The van der Waals surface area contributed by atoms with Gasteiger partial charge in [0.2, 0.25) is 0 Å². The Morgan fingerprint density at radius 1 is 1.33 bits per heavy atom. The van der Waals surface area contributed by atoms with Crippen molar-refractivity contribution in [1.29, 1.82) is 0 Å². The summed E-state index contributed by atoms with van der Waals surface area (Å²) in [5, 5.41) is 3.10. The lowest BCUT2D eigenvalue weighted by Gasteiger charge is -2.23. The summed E-state index contributed by atoms with van der Waals surface area (Å²) in [7, 11) is 0. The monoisotopic (exact) mass is 251 g/mol. The predicted octanol–water partition coefficient (Wildman–Crippen LogP) is 2.43. The van der Waals surface area contributed by atoms with Crippen LogP contribution in [0.2, 0.25) is 0 Å². The van der Waals surface area contributed by atoms with Crippen LogP contribution in [0, 0.1) is 5.82 Å². The lowest BCUT2D eigenvalue weighted by Crippen LogP contribution is -2.29. The molecule has 0 bridgehead atoms. The maximum atomic E-state index is 13.7. The molecule has 0 atom stereocenters. The predicted molar refractivity (Wildman–Crippen MR) is 67.0 cm³/mol. The van der Waals surface area contributed by atoms with E-state index < -0.39 is 5.60 Å². The van der Waals surface area contributed by atoms with E-state index in [0.29, 0.717) is 24.1 Å². The van der Waals surface area contributed by atoms with Crippen molar-refractivity contribution in [1.82, 2.24) is 5.32 Å². The Balaban J connectivity index is 2.37. The van der Waals surface area contributed by atoms with E-state index in [-0.39, 0.29) is 11.8 Å². The largest absolute Gasteiger partial charge is 0.456 e. The minimum absolute atomic E-state index is 0.260. The number of nitrogens with one attached hydrogen (secondary N) is 1. The van der Waals surface area contributed by atoms with E-state index >= 15 is 0 Å². The third-order valence-corrected chi connectivity index (χ3v) is 2.85. The second kappa shape index (κ2) is 4.69. The van der Waals surface area contributed by atoms with Crippen LogP contribution >= 0.6 is 0 Å². The number of hydrogen-bond donors (Lipinski definition) is 1. The summed E-state index contributed by atoms with van der Waals surface area (Å²) < 4.78 is 19.0. The Hall–Kier alpha value is -1.42. The molecule has 1 aliphatic heterocycles. The zero-order chi connectivity index (χ0) is 13.3. The van der Waals surface area contributed by atoms with E-state index in [0.717, 1.165) is 12.1 Å². The molecular weight excluding hydrogens is 233 g/mol. The lowest BCUT2D eigenvalue weighted by atomic mass is 9.95. The van der Waals surface area contributed by atoms with Crippen molar-refractivity contribution in [3.05, 3.63) is 34.6 Å². The van der Waals surface area contributed by atoms with E-state index in [1.165, 1.54) is 12.1 Å². The number of carbonyl (C=O) groups is 1. The van der Waals surface area contributed by atoms with Gasteiger partial charge in [-0.3, -0.25) is 0 Å². The van der Waals surface area contributed by atoms with E-state index in [9.17, 15) is 9.18 Å². The molecule has 0 saturated carbocycles. The highest BCUT2D eigenvalue weighted by Gasteiger charge is 2.24. The first-order valence-corrected chi connectivity index (χ1v) is 6.13. The zero-order valence-electron chi connectivity index (χ0n) is 11.0. The number of fused-ring (bicyclic) bond motifs is 1. The van der Waals surface area contributed by atoms with Crippen molar-refractivity contribution in [2.45, 2.75) is 39.3 Å². The van der Waals surface area contributed by atoms with Gasteiger partial charge in [-0.15, -0.1) is 0 Å². The van der Waals surface area contributed by atoms with Crippen molar-refractivity contribution in [2.75, 3.05) is 6.54 Å². The smallest absolute Gasteiger partial charge is 0.338 e. The number of carbonyl (C=O) groups excluding carboxylic acids is 1. The fourth-order valence-electron chi connectivity index (χ4n) is 2.09. The van der Waals surface area contributed by atoms with Crippen molar-refractivity contribution in [3.63, 3.8) is 0 Å². The van der Waals surface area contributed by atoms with Crippen LogP contribution < -0.4 is 5.32 Å². The Bertz CT molecular complexity index is 477. The van der Waals surface area contributed by atoms with Gasteiger partial charge in [0.25, 0.3) is 0 Å². The number of rotatable bonds is 1. The Morgan fingerprint density at radius 3 is 2.72 bits per heavy atom. The maximum Gasteiger partial charge on any atom is 0.338 e. The number of hydrogen-bond acceptors (Lipinski definition) is 3. The van der Waals surface area contributed by atoms with E-state index in [4.69, 9.17) is 4.74 Å². The van der Waals surface area contributed by atoms with Crippen LogP contribution in [0.15, 0.2) is 12.1 Å². The number of ether oxygens (including phenoxy) is 1. The molecule has 0 fully saturated rings. The molecule has 1 heterocycles. The van der Waals surface area contributed by atoms with Gasteiger partial charge in [0.1, 0.15) is 11.4 Å². The average molecular weight is 251 g/mol. The molecule has 98 valence electrons. The van der Waals surface area contributed by atoms with E-state index in [1.807, 2.05) is 20.8 Å². The summed E-state index contributed by atoms with van der Waals surface area (Å²) in [5.41, 5.74) is 1.32. The minimum atomic E-state index is -0.536. The topological polar surface area (TPSA) is 38.3 Å². The average Bonchev–Trinajstić information content (AvgIpc) is 2.27. The second-order valence-electron chi connectivity index (χ2n) is 5.48. The summed E-state index contributed by atoms with van der Waals surface area (Å²) in [6.45, 7) is 6.69. The van der Waals surface area contributed by atoms with Gasteiger partial charge in [-0.25, -0.2) is 9.18 Å². The third-order valence-electron chi connectivity index (χ3n) is 2.85. The van der Waals surface area contributed by atoms with Crippen LogP contribution in [0.1, 0.15) is 42.3 Å². The SMILES string of the molecule is CC(C)(C)OC(=O)c1ccc(F)c2c1CCNC2. The summed E-state index contributed by atoms with van der Waals surface area (Å²) in [5.74, 6) is -0.634. The van der Waals surface area contributed by atoms with Gasteiger partial charge in [0.05, 0.1) is 5.56 Å². The maximum absolute atomic E-state index is 13.7. The molecule has 0 amide bonds. The first kappa shape index (κ1) is 13.0. The third kappa shape index (κ3) is 2.70. The van der Waals surface area contributed by atoms with Gasteiger partial charge >= 0.3 is 5.97 Å². The molecule has 0 radical (unpaired) electrons. The van der Waals surface area contributed by atoms with Gasteiger partial charge in [-0.1, -0.05) is 0 Å². The molecule has 1 aromatic carbocycles. The number of benzene rings is 1. The highest BCUT2D eigenvalue weighted by Crippen LogP contribution is 2.24. The summed E-state index contributed by atoms with van der Waals surface area (Å²) in [6, 6.07) is 2.86. The van der Waals surface area contributed by atoms with Crippen molar-refractivity contribution < 1.29 is 13.9 Å². The quantitative estimate of drug-likeness (QED) is 0.779. The highest BCUT2D eigenvalue weighted by molar-refractivity contribution is 5.92.